The molecular weight excluding hydrogens is 352 g/mol. The van der Waals surface area contributed by atoms with E-state index in [2.05, 4.69) is 15.9 Å². The van der Waals surface area contributed by atoms with Gasteiger partial charge in [0.05, 0.1) is 22.5 Å². The van der Waals surface area contributed by atoms with Crippen molar-refractivity contribution in [1.82, 2.24) is 0 Å². The van der Waals surface area contributed by atoms with E-state index in [1.54, 1.807) is 30.6 Å². The van der Waals surface area contributed by atoms with Crippen molar-refractivity contribution in [2.24, 2.45) is 0 Å². The van der Waals surface area contributed by atoms with Gasteiger partial charge in [0.15, 0.2) is 11.5 Å². The number of ether oxygens (including phenoxy) is 2. The van der Waals surface area contributed by atoms with E-state index >= 15 is 0 Å². The van der Waals surface area contributed by atoms with Crippen LogP contribution in [0, 0.1) is 0 Å². The lowest BCUT2D eigenvalue weighted by Crippen LogP contribution is -1.98. The van der Waals surface area contributed by atoms with Gasteiger partial charge in [-0.1, -0.05) is 11.6 Å². The number of hydrogen-bond donors (Lipinski definition) is 1. The van der Waals surface area contributed by atoms with Crippen LogP contribution in [0.2, 0.25) is 5.02 Å². The maximum atomic E-state index is 9.13. The Morgan fingerprint density at radius 1 is 1.37 bits per heavy atom. The van der Waals surface area contributed by atoms with Crippen molar-refractivity contribution >= 4 is 38.9 Å². The topological polar surface area (TPSA) is 38.7 Å². The van der Waals surface area contributed by atoms with E-state index in [9.17, 15) is 0 Å². The van der Waals surface area contributed by atoms with Crippen molar-refractivity contribution in [2.45, 2.75) is 13.2 Å². The molecule has 0 atom stereocenters. The van der Waals surface area contributed by atoms with Crippen LogP contribution in [-0.4, -0.2) is 12.2 Å². The lowest BCUT2D eigenvalue weighted by Gasteiger charge is -2.13. The number of aliphatic hydroxyl groups is 1. The summed E-state index contributed by atoms with van der Waals surface area (Å²) in [6.07, 6.45) is 0. The average Bonchev–Trinajstić information content (AvgIpc) is 2.82. The molecule has 2 aromatic rings. The first kappa shape index (κ1) is 14.7. The molecule has 1 aromatic carbocycles. The van der Waals surface area contributed by atoms with Crippen LogP contribution in [0.3, 0.4) is 0 Å². The van der Waals surface area contributed by atoms with Gasteiger partial charge in [0.25, 0.3) is 0 Å². The van der Waals surface area contributed by atoms with Gasteiger partial charge in [-0.3, -0.25) is 0 Å². The molecule has 0 unspecified atom stereocenters. The van der Waals surface area contributed by atoms with Crippen LogP contribution >= 0.6 is 38.9 Å². The summed E-state index contributed by atoms with van der Waals surface area (Å²) in [7, 11) is 1.54. The van der Waals surface area contributed by atoms with Crippen molar-refractivity contribution in [3.63, 3.8) is 0 Å². The molecule has 0 bridgehead atoms. The van der Waals surface area contributed by atoms with E-state index < -0.39 is 0 Å². The molecule has 0 radical (unpaired) electrons. The maximum Gasteiger partial charge on any atom is 0.180 e. The quantitative estimate of drug-likeness (QED) is 0.863. The van der Waals surface area contributed by atoms with Gasteiger partial charge in [0, 0.05) is 4.88 Å². The van der Waals surface area contributed by atoms with E-state index in [4.69, 9.17) is 26.2 Å². The van der Waals surface area contributed by atoms with Crippen LogP contribution in [-0.2, 0) is 13.2 Å². The van der Waals surface area contributed by atoms with Crippen LogP contribution in [0.25, 0.3) is 0 Å². The zero-order valence-electron chi connectivity index (χ0n) is 10.2. The number of aliphatic hydroxyl groups excluding tert-OH is 1. The van der Waals surface area contributed by atoms with Crippen molar-refractivity contribution in [1.29, 1.82) is 0 Å². The Morgan fingerprint density at radius 3 is 2.74 bits per heavy atom. The summed E-state index contributed by atoms with van der Waals surface area (Å²) in [6.45, 7) is 0.332. The number of hydrogen-bond acceptors (Lipinski definition) is 4. The second kappa shape index (κ2) is 6.61. The largest absolute Gasteiger partial charge is 0.493 e. The molecule has 0 aliphatic heterocycles. The van der Waals surface area contributed by atoms with Gasteiger partial charge in [-0.2, -0.15) is 0 Å². The molecule has 0 amide bonds. The van der Waals surface area contributed by atoms with Crippen molar-refractivity contribution in [3.05, 3.63) is 43.5 Å². The third-order valence-corrected chi connectivity index (χ3v) is 4.34. The SMILES string of the molecule is COc1cc(CO)cc(Cl)c1OCc1ccc(Br)s1. The number of benzene rings is 1. The highest BCUT2D eigenvalue weighted by molar-refractivity contribution is 9.11. The van der Waals surface area contributed by atoms with E-state index in [0.717, 1.165) is 8.66 Å². The zero-order chi connectivity index (χ0) is 13.8. The fourth-order valence-corrected chi connectivity index (χ4v) is 3.26. The Hall–Kier alpha value is -0.750. The zero-order valence-corrected chi connectivity index (χ0v) is 13.3. The molecule has 0 aliphatic rings. The highest BCUT2D eigenvalue weighted by Crippen LogP contribution is 2.37. The van der Waals surface area contributed by atoms with Crippen molar-refractivity contribution in [3.8, 4) is 11.5 Å². The summed E-state index contributed by atoms with van der Waals surface area (Å²) in [5, 5.41) is 9.55. The molecule has 0 saturated carbocycles. The molecule has 0 saturated heterocycles. The molecule has 0 aliphatic carbocycles. The summed E-state index contributed by atoms with van der Waals surface area (Å²) in [5.41, 5.74) is 0.688. The third-order valence-electron chi connectivity index (χ3n) is 2.46. The van der Waals surface area contributed by atoms with Crippen LogP contribution in [0.1, 0.15) is 10.4 Å². The van der Waals surface area contributed by atoms with Gasteiger partial charge < -0.3 is 14.6 Å². The van der Waals surface area contributed by atoms with Crippen molar-refractivity contribution in [2.75, 3.05) is 7.11 Å². The highest BCUT2D eigenvalue weighted by atomic mass is 79.9. The van der Waals surface area contributed by atoms with Gasteiger partial charge >= 0.3 is 0 Å². The summed E-state index contributed by atoms with van der Waals surface area (Å²) in [5.74, 6) is 1.01. The van der Waals surface area contributed by atoms with Crippen LogP contribution in [0.15, 0.2) is 28.1 Å². The molecular formula is C13H12BrClO3S. The van der Waals surface area contributed by atoms with Gasteiger partial charge in [-0.05, 0) is 45.8 Å². The highest BCUT2D eigenvalue weighted by Gasteiger charge is 2.12. The minimum Gasteiger partial charge on any atom is -0.493 e. The summed E-state index contributed by atoms with van der Waals surface area (Å²) in [4.78, 5) is 1.08. The lowest BCUT2D eigenvalue weighted by molar-refractivity contribution is 0.275. The van der Waals surface area contributed by atoms with E-state index in [1.165, 1.54) is 0 Å². The normalized spacial score (nSPS) is 10.5. The van der Waals surface area contributed by atoms with Crippen LogP contribution in [0.5, 0.6) is 11.5 Å². The predicted octanol–water partition coefficient (Wildman–Crippen LogP) is 4.24. The van der Waals surface area contributed by atoms with E-state index in [-0.39, 0.29) is 6.61 Å². The first-order valence-electron chi connectivity index (χ1n) is 5.48. The minimum atomic E-state index is -0.0891. The Labute approximate surface area is 128 Å². The Bertz CT molecular complexity index is 571. The van der Waals surface area contributed by atoms with Crippen molar-refractivity contribution < 1.29 is 14.6 Å². The number of thiophene rings is 1. The molecule has 0 fully saturated rings. The number of halogens is 2. The Balaban J connectivity index is 2.19. The van der Waals surface area contributed by atoms with Gasteiger partial charge in [-0.25, -0.2) is 0 Å². The van der Waals surface area contributed by atoms with Gasteiger partial charge in [-0.15, -0.1) is 11.3 Å². The molecule has 1 aromatic heterocycles. The maximum absolute atomic E-state index is 9.13. The molecule has 1 heterocycles. The Morgan fingerprint density at radius 2 is 2.16 bits per heavy atom. The molecule has 102 valence electrons. The van der Waals surface area contributed by atoms with E-state index in [0.29, 0.717) is 28.7 Å². The molecule has 3 nitrogen and oxygen atoms in total. The van der Waals surface area contributed by atoms with Crippen LogP contribution in [0.4, 0.5) is 0 Å². The standard InChI is InChI=1S/C13H12BrClO3S/c1-17-11-5-8(6-16)4-10(15)13(11)18-7-9-2-3-12(14)19-9/h2-5,16H,6-7H2,1H3. The predicted molar refractivity (Wildman–Crippen MR) is 80.3 cm³/mol. The summed E-state index contributed by atoms with van der Waals surface area (Å²) < 4.78 is 12.0. The smallest absolute Gasteiger partial charge is 0.180 e. The minimum absolute atomic E-state index is 0.0891. The van der Waals surface area contributed by atoms with Crippen LogP contribution < -0.4 is 9.47 Å². The average molecular weight is 364 g/mol. The number of rotatable bonds is 5. The molecule has 1 N–H and O–H groups in total. The molecule has 2 rings (SSSR count). The first-order valence-corrected chi connectivity index (χ1v) is 7.47. The Kier molecular flexibility index (Phi) is 5.10. The fourth-order valence-electron chi connectivity index (χ4n) is 1.58. The number of methoxy groups -OCH3 is 1. The summed E-state index contributed by atoms with van der Waals surface area (Å²) in [6, 6.07) is 7.34. The lowest BCUT2D eigenvalue weighted by atomic mass is 10.2. The monoisotopic (exact) mass is 362 g/mol. The summed E-state index contributed by atoms with van der Waals surface area (Å²) >= 11 is 11.1. The second-order valence-electron chi connectivity index (χ2n) is 3.76. The van der Waals surface area contributed by atoms with Gasteiger partial charge in [0.1, 0.15) is 6.61 Å². The van der Waals surface area contributed by atoms with E-state index in [1.807, 2.05) is 12.1 Å². The molecule has 6 heteroatoms. The third kappa shape index (κ3) is 3.63. The van der Waals surface area contributed by atoms with Gasteiger partial charge in [0.2, 0.25) is 0 Å². The second-order valence-corrected chi connectivity index (χ2v) is 6.72. The first-order chi connectivity index (χ1) is 9.13. The molecule has 0 spiro atoms. The fraction of sp³-hybridized carbons (Fsp3) is 0.231. The molecule has 19 heavy (non-hydrogen) atoms.